The molecule has 0 bridgehead atoms. The Morgan fingerprint density at radius 3 is 2.93 bits per heavy atom. The van der Waals surface area contributed by atoms with Crippen molar-refractivity contribution in [1.82, 2.24) is 0 Å². The van der Waals surface area contributed by atoms with E-state index in [4.69, 9.17) is 5.73 Å². The highest BCUT2D eigenvalue weighted by Crippen LogP contribution is 2.30. The van der Waals surface area contributed by atoms with Gasteiger partial charge in [0.15, 0.2) is 0 Å². The summed E-state index contributed by atoms with van der Waals surface area (Å²) in [6.45, 7) is 5.04. The van der Waals surface area contributed by atoms with Crippen molar-refractivity contribution in [3.63, 3.8) is 0 Å². The Bertz CT molecular complexity index is 310. The number of hydrogen-bond acceptors (Lipinski definition) is 2. The van der Waals surface area contributed by atoms with Gasteiger partial charge >= 0.3 is 0 Å². The number of rotatable bonds is 2. The van der Waals surface area contributed by atoms with E-state index >= 15 is 0 Å². The van der Waals surface area contributed by atoms with Crippen LogP contribution >= 0.6 is 12.4 Å². The number of hydrogen-bond donors (Lipinski definition) is 1. The number of nitrogens with two attached hydrogens (primary N) is 1. The van der Waals surface area contributed by atoms with E-state index in [0.29, 0.717) is 0 Å². The number of fused-ring (bicyclic) bond motifs is 1. The van der Waals surface area contributed by atoms with E-state index in [1.807, 2.05) is 0 Å². The summed E-state index contributed by atoms with van der Waals surface area (Å²) < 4.78 is 0. The van der Waals surface area contributed by atoms with Crippen LogP contribution in [0.3, 0.4) is 0 Å². The molecule has 0 saturated heterocycles. The lowest BCUT2D eigenvalue weighted by Gasteiger charge is -2.19. The van der Waals surface area contributed by atoms with Crippen LogP contribution in [0.25, 0.3) is 0 Å². The average molecular weight is 213 g/mol. The highest BCUT2D eigenvalue weighted by atomic mass is 35.5. The van der Waals surface area contributed by atoms with Crippen molar-refractivity contribution in [2.24, 2.45) is 5.73 Å². The maximum Gasteiger partial charge on any atom is 0.0429 e. The molecule has 0 aromatic heterocycles. The molecule has 2 rings (SSSR count). The van der Waals surface area contributed by atoms with E-state index in [0.717, 1.165) is 19.6 Å². The van der Waals surface area contributed by atoms with Crippen molar-refractivity contribution in [2.45, 2.75) is 13.3 Å². The van der Waals surface area contributed by atoms with Crippen LogP contribution in [0.2, 0.25) is 0 Å². The molecule has 0 fully saturated rings. The first-order valence-corrected chi connectivity index (χ1v) is 4.86. The summed E-state index contributed by atoms with van der Waals surface area (Å²) in [6.07, 6.45) is 1.18. The molecule has 1 aliphatic heterocycles. The van der Waals surface area contributed by atoms with Gasteiger partial charge in [-0.05, 0) is 24.5 Å². The fourth-order valence-electron chi connectivity index (χ4n) is 2.12. The van der Waals surface area contributed by atoms with Crippen LogP contribution in [-0.2, 0) is 6.42 Å². The van der Waals surface area contributed by atoms with Crippen molar-refractivity contribution in [3.8, 4) is 0 Å². The summed E-state index contributed by atoms with van der Waals surface area (Å²) in [4.78, 5) is 2.39. The van der Waals surface area contributed by atoms with Gasteiger partial charge in [-0.3, -0.25) is 0 Å². The predicted molar refractivity (Wildman–Crippen MR) is 63.4 cm³/mol. The van der Waals surface area contributed by atoms with Gasteiger partial charge in [-0.25, -0.2) is 0 Å². The maximum absolute atomic E-state index is 5.57. The molecular formula is C11H17ClN2. The largest absolute Gasteiger partial charge is 0.369 e. The molecule has 78 valence electrons. The van der Waals surface area contributed by atoms with Crippen LogP contribution < -0.4 is 10.6 Å². The number of nitrogens with zero attached hydrogens (tertiary/aromatic N) is 1. The summed E-state index contributed by atoms with van der Waals surface area (Å²) in [5, 5.41) is 0. The van der Waals surface area contributed by atoms with Gasteiger partial charge in [0.2, 0.25) is 0 Å². The zero-order valence-electron chi connectivity index (χ0n) is 8.49. The third-order valence-electron chi connectivity index (χ3n) is 2.69. The molecule has 2 N–H and O–H groups in total. The number of para-hydroxylation sites is 1. The summed E-state index contributed by atoms with van der Waals surface area (Å²) in [6, 6.07) is 6.53. The Morgan fingerprint density at radius 1 is 1.43 bits per heavy atom. The SMILES string of the molecule is Cc1cccc2c1N(CCN)CC2.Cl. The van der Waals surface area contributed by atoms with Crippen LogP contribution in [0.15, 0.2) is 18.2 Å². The fraction of sp³-hybridized carbons (Fsp3) is 0.455. The molecule has 1 aromatic carbocycles. The Kier molecular flexibility index (Phi) is 3.78. The molecule has 1 heterocycles. The molecule has 0 spiro atoms. The van der Waals surface area contributed by atoms with Crippen molar-refractivity contribution in [2.75, 3.05) is 24.5 Å². The summed E-state index contributed by atoms with van der Waals surface area (Å²) in [7, 11) is 0. The second-order valence-electron chi connectivity index (χ2n) is 3.61. The zero-order valence-corrected chi connectivity index (χ0v) is 9.31. The predicted octanol–water partition coefficient (Wildman–Crippen LogP) is 1.74. The Balaban J connectivity index is 0.000000980. The van der Waals surface area contributed by atoms with Gasteiger partial charge in [-0.15, -0.1) is 12.4 Å². The second kappa shape index (κ2) is 4.67. The zero-order chi connectivity index (χ0) is 9.26. The fourth-order valence-corrected chi connectivity index (χ4v) is 2.12. The summed E-state index contributed by atoms with van der Waals surface area (Å²) in [5.74, 6) is 0. The first kappa shape index (κ1) is 11.3. The molecule has 1 aromatic rings. The average Bonchev–Trinajstić information content (AvgIpc) is 2.51. The van der Waals surface area contributed by atoms with Crippen molar-refractivity contribution in [3.05, 3.63) is 29.3 Å². The van der Waals surface area contributed by atoms with E-state index in [2.05, 4.69) is 30.0 Å². The minimum absolute atomic E-state index is 0. The molecule has 0 unspecified atom stereocenters. The Labute approximate surface area is 91.5 Å². The first-order chi connectivity index (χ1) is 6.33. The van der Waals surface area contributed by atoms with Gasteiger partial charge in [-0.1, -0.05) is 18.2 Å². The van der Waals surface area contributed by atoms with E-state index in [1.165, 1.54) is 23.2 Å². The van der Waals surface area contributed by atoms with Gasteiger partial charge in [0.25, 0.3) is 0 Å². The normalized spacial score (nSPS) is 13.7. The molecule has 0 atom stereocenters. The van der Waals surface area contributed by atoms with Gasteiger partial charge in [0.05, 0.1) is 0 Å². The monoisotopic (exact) mass is 212 g/mol. The van der Waals surface area contributed by atoms with Gasteiger partial charge in [-0.2, -0.15) is 0 Å². The smallest absolute Gasteiger partial charge is 0.0429 e. The van der Waals surface area contributed by atoms with Crippen molar-refractivity contribution in [1.29, 1.82) is 0 Å². The van der Waals surface area contributed by atoms with E-state index in [9.17, 15) is 0 Å². The third kappa shape index (κ3) is 1.86. The minimum atomic E-state index is 0. The topological polar surface area (TPSA) is 29.3 Å². The van der Waals surface area contributed by atoms with Crippen molar-refractivity contribution < 1.29 is 0 Å². The quantitative estimate of drug-likeness (QED) is 0.809. The van der Waals surface area contributed by atoms with Crippen molar-refractivity contribution >= 4 is 18.1 Å². The minimum Gasteiger partial charge on any atom is -0.369 e. The van der Waals surface area contributed by atoms with Gasteiger partial charge in [0, 0.05) is 25.3 Å². The van der Waals surface area contributed by atoms with E-state index in [-0.39, 0.29) is 12.4 Å². The molecule has 0 saturated carbocycles. The lowest BCUT2D eigenvalue weighted by molar-refractivity contribution is 0.819. The van der Waals surface area contributed by atoms with E-state index in [1.54, 1.807) is 0 Å². The molecule has 2 nitrogen and oxygen atoms in total. The summed E-state index contributed by atoms with van der Waals surface area (Å²) >= 11 is 0. The van der Waals surface area contributed by atoms with Crippen LogP contribution in [0.5, 0.6) is 0 Å². The molecule has 0 amide bonds. The summed E-state index contributed by atoms with van der Waals surface area (Å²) in [5.41, 5.74) is 9.86. The number of anilines is 1. The van der Waals surface area contributed by atoms with Crippen LogP contribution in [0, 0.1) is 6.92 Å². The van der Waals surface area contributed by atoms with Crippen LogP contribution in [-0.4, -0.2) is 19.6 Å². The number of benzene rings is 1. The maximum atomic E-state index is 5.57. The van der Waals surface area contributed by atoms with Crippen LogP contribution in [0.4, 0.5) is 5.69 Å². The lowest BCUT2D eigenvalue weighted by Crippen LogP contribution is -2.27. The third-order valence-corrected chi connectivity index (χ3v) is 2.69. The Morgan fingerprint density at radius 2 is 2.21 bits per heavy atom. The molecule has 1 aliphatic rings. The molecule has 3 heteroatoms. The molecular weight excluding hydrogens is 196 g/mol. The lowest BCUT2D eigenvalue weighted by atomic mass is 10.1. The van der Waals surface area contributed by atoms with Gasteiger partial charge < -0.3 is 10.6 Å². The second-order valence-corrected chi connectivity index (χ2v) is 3.61. The first-order valence-electron chi connectivity index (χ1n) is 4.86. The molecule has 14 heavy (non-hydrogen) atoms. The highest BCUT2D eigenvalue weighted by Gasteiger charge is 2.19. The molecule has 0 radical (unpaired) electrons. The Hall–Kier alpha value is -0.730. The number of halogens is 1. The number of aryl methyl sites for hydroxylation is 1. The standard InChI is InChI=1S/C11H16N2.ClH/c1-9-3-2-4-10-5-7-13(8-6-12)11(9)10;/h2-4H,5-8,12H2,1H3;1H. The van der Waals surface area contributed by atoms with Crippen LogP contribution in [0.1, 0.15) is 11.1 Å². The highest BCUT2D eigenvalue weighted by molar-refractivity contribution is 5.85. The molecule has 0 aliphatic carbocycles. The van der Waals surface area contributed by atoms with Gasteiger partial charge in [0.1, 0.15) is 0 Å². The van der Waals surface area contributed by atoms with E-state index < -0.39 is 0 Å².